The highest BCUT2D eigenvalue weighted by atomic mass is 16.5. The van der Waals surface area contributed by atoms with Gasteiger partial charge >= 0.3 is 0 Å². The molecule has 0 bridgehead atoms. The van der Waals surface area contributed by atoms with E-state index >= 15 is 0 Å². The zero-order valence-corrected chi connectivity index (χ0v) is 11.8. The number of aromatic hydroxyl groups is 1. The molecule has 2 aromatic rings. The van der Waals surface area contributed by atoms with Crippen molar-refractivity contribution >= 4 is 0 Å². The predicted molar refractivity (Wildman–Crippen MR) is 75.6 cm³/mol. The smallest absolute Gasteiger partial charge is 0.164 e. The summed E-state index contributed by atoms with van der Waals surface area (Å²) in [6.07, 6.45) is 0. The van der Waals surface area contributed by atoms with Crippen LogP contribution in [0, 0.1) is 6.92 Å². The molecular formula is C15H20N2O2. The number of aromatic nitrogens is 2. The zero-order chi connectivity index (χ0) is 14.0. The van der Waals surface area contributed by atoms with Gasteiger partial charge in [-0.25, -0.2) is 0 Å². The first-order chi connectivity index (χ1) is 9.04. The van der Waals surface area contributed by atoms with E-state index in [9.17, 15) is 5.11 Å². The average molecular weight is 260 g/mol. The molecule has 0 amide bonds. The van der Waals surface area contributed by atoms with Crippen molar-refractivity contribution in [3.05, 3.63) is 30.0 Å². The SMILES string of the molecule is CCOc1cccc(-c2nn(C(C)C)c(C)c2O)c1. The maximum Gasteiger partial charge on any atom is 0.164 e. The summed E-state index contributed by atoms with van der Waals surface area (Å²) in [5.41, 5.74) is 2.26. The molecule has 1 N–H and O–H groups in total. The highest BCUT2D eigenvalue weighted by molar-refractivity contribution is 5.68. The van der Waals surface area contributed by atoms with Crippen molar-refractivity contribution in [1.82, 2.24) is 9.78 Å². The van der Waals surface area contributed by atoms with Crippen LogP contribution in [0.1, 0.15) is 32.5 Å². The summed E-state index contributed by atoms with van der Waals surface area (Å²) in [4.78, 5) is 0. The number of hydrogen-bond acceptors (Lipinski definition) is 3. The van der Waals surface area contributed by atoms with E-state index in [-0.39, 0.29) is 11.8 Å². The summed E-state index contributed by atoms with van der Waals surface area (Å²) in [7, 11) is 0. The Hall–Kier alpha value is -1.97. The van der Waals surface area contributed by atoms with Crippen LogP contribution in [0.3, 0.4) is 0 Å². The molecule has 0 atom stereocenters. The van der Waals surface area contributed by atoms with Crippen molar-refractivity contribution < 1.29 is 9.84 Å². The van der Waals surface area contributed by atoms with E-state index in [0.717, 1.165) is 17.0 Å². The Morgan fingerprint density at radius 2 is 2.11 bits per heavy atom. The van der Waals surface area contributed by atoms with Crippen molar-refractivity contribution in [2.24, 2.45) is 0 Å². The fourth-order valence-electron chi connectivity index (χ4n) is 2.11. The first-order valence-electron chi connectivity index (χ1n) is 6.55. The number of hydrogen-bond donors (Lipinski definition) is 1. The Morgan fingerprint density at radius 1 is 1.37 bits per heavy atom. The summed E-state index contributed by atoms with van der Waals surface area (Å²) in [6, 6.07) is 7.85. The molecule has 0 saturated heterocycles. The van der Waals surface area contributed by atoms with E-state index in [2.05, 4.69) is 5.10 Å². The second-order valence-corrected chi connectivity index (χ2v) is 4.78. The normalized spacial score (nSPS) is 11.0. The van der Waals surface area contributed by atoms with E-state index < -0.39 is 0 Å². The molecular weight excluding hydrogens is 240 g/mol. The second kappa shape index (κ2) is 5.34. The highest BCUT2D eigenvalue weighted by Crippen LogP contribution is 2.33. The zero-order valence-electron chi connectivity index (χ0n) is 11.8. The lowest BCUT2D eigenvalue weighted by molar-refractivity contribution is 0.340. The molecule has 19 heavy (non-hydrogen) atoms. The number of rotatable bonds is 4. The molecule has 4 heteroatoms. The highest BCUT2D eigenvalue weighted by Gasteiger charge is 2.17. The van der Waals surface area contributed by atoms with Crippen molar-refractivity contribution in [1.29, 1.82) is 0 Å². The summed E-state index contributed by atoms with van der Waals surface area (Å²) < 4.78 is 7.31. The Kier molecular flexibility index (Phi) is 3.79. The molecule has 1 aromatic carbocycles. The van der Waals surface area contributed by atoms with E-state index in [1.54, 1.807) is 0 Å². The van der Waals surface area contributed by atoms with Crippen molar-refractivity contribution in [2.45, 2.75) is 33.7 Å². The molecule has 1 aromatic heterocycles. The molecule has 0 unspecified atom stereocenters. The van der Waals surface area contributed by atoms with Gasteiger partial charge in [0, 0.05) is 11.6 Å². The minimum absolute atomic E-state index is 0.217. The summed E-state index contributed by atoms with van der Waals surface area (Å²) in [6.45, 7) is 8.52. The summed E-state index contributed by atoms with van der Waals surface area (Å²) >= 11 is 0. The summed E-state index contributed by atoms with van der Waals surface area (Å²) in [5, 5.41) is 14.7. The van der Waals surface area contributed by atoms with E-state index in [1.807, 2.05) is 56.6 Å². The van der Waals surface area contributed by atoms with E-state index in [4.69, 9.17) is 4.74 Å². The molecule has 4 nitrogen and oxygen atoms in total. The molecule has 2 rings (SSSR count). The lowest BCUT2D eigenvalue weighted by Crippen LogP contribution is -2.04. The van der Waals surface area contributed by atoms with Crippen LogP contribution >= 0.6 is 0 Å². The maximum absolute atomic E-state index is 10.2. The van der Waals surface area contributed by atoms with Gasteiger partial charge in [0.2, 0.25) is 0 Å². The Balaban J connectivity index is 2.47. The fraction of sp³-hybridized carbons (Fsp3) is 0.400. The molecule has 0 aliphatic heterocycles. The lowest BCUT2D eigenvalue weighted by Gasteiger charge is -2.06. The van der Waals surface area contributed by atoms with Crippen LogP contribution in [-0.4, -0.2) is 21.5 Å². The van der Waals surface area contributed by atoms with Crippen LogP contribution in [0.5, 0.6) is 11.5 Å². The van der Waals surface area contributed by atoms with E-state index in [0.29, 0.717) is 12.3 Å². The Labute approximate surface area is 113 Å². The quantitative estimate of drug-likeness (QED) is 0.914. The van der Waals surface area contributed by atoms with Crippen molar-refractivity contribution in [2.75, 3.05) is 6.61 Å². The predicted octanol–water partition coefficient (Wildman–Crippen LogP) is 3.54. The van der Waals surface area contributed by atoms with Crippen LogP contribution in [0.15, 0.2) is 24.3 Å². The van der Waals surface area contributed by atoms with Gasteiger partial charge in [0.15, 0.2) is 5.75 Å². The molecule has 0 spiro atoms. The molecule has 0 radical (unpaired) electrons. The number of ether oxygens (including phenoxy) is 1. The van der Waals surface area contributed by atoms with Gasteiger partial charge < -0.3 is 9.84 Å². The first-order valence-corrected chi connectivity index (χ1v) is 6.55. The monoisotopic (exact) mass is 260 g/mol. The Bertz CT molecular complexity index is 574. The molecule has 102 valence electrons. The van der Waals surface area contributed by atoms with Gasteiger partial charge in [-0.2, -0.15) is 5.10 Å². The van der Waals surface area contributed by atoms with Gasteiger partial charge in [-0.3, -0.25) is 4.68 Å². The minimum atomic E-state index is 0.217. The van der Waals surface area contributed by atoms with Crippen LogP contribution in [0.4, 0.5) is 0 Å². The van der Waals surface area contributed by atoms with Gasteiger partial charge in [-0.1, -0.05) is 12.1 Å². The van der Waals surface area contributed by atoms with Crippen molar-refractivity contribution in [3.8, 4) is 22.8 Å². The third kappa shape index (κ3) is 2.57. The van der Waals surface area contributed by atoms with Crippen LogP contribution in [0.25, 0.3) is 11.3 Å². The van der Waals surface area contributed by atoms with Crippen LogP contribution in [0.2, 0.25) is 0 Å². The van der Waals surface area contributed by atoms with Crippen LogP contribution in [-0.2, 0) is 0 Å². The van der Waals surface area contributed by atoms with Crippen molar-refractivity contribution in [3.63, 3.8) is 0 Å². The summed E-state index contributed by atoms with van der Waals surface area (Å²) in [5.74, 6) is 1.03. The lowest BCUT2D eigenvalue weighted by atomic mass is 10.1. The number of nitrogens with zero attached hydrogens (tertiary/aromatic N) is 2. The number of benzene rings is 1. The second-order valence-electron chi connectivity index (χ2n) is 4.78. The topological polar surface area (TPSA) is 47.3 Å². The van der Waals surface area contributed by atoms with Crippen LogP contribution < -0.4 is 4.74 Å². The third-order valence-corrected chi connectivity index (χ3v) is 3.03. The third-order valence-electron chi connectivity index (χ3n) is 3.03. The molecule has 0 fully saturated rings. The largest absolute Gasteiger partial charge is 0.504 e. The van der Waals surface area contributed by atoms with Gasteiger partial charge in [-0.05, 0) is 39.8 Å². The van der Waals surface area contributed by atoms with Gasteiger partial charge in [-0.15, -0.1) is 0 Å². The maximum atomic E-state index is 10.2. The minimum Gasteiger partial charge on any atom is -0.504 e. The molecule has 0 saturated carbocycles. The fourth-order valence-corrected chi connectivity index (χ4v) is 2.11. The standard InChI is InChI=1S/C15H20N2O2/c1-5-19-13-8-6-7-12(9-13)14-15(18)11(4)17(16-14)10(2)3/h6-10,18H,5H2,1-4H3. The molecule has 1 heterocycles. The average Bonchev–Trinajstić information content (AvgIpc) is 2.67. The van der Waals surface area contributed by atoms with Gasteiger partial charge in [0.05, 0.1) is 12.3 Å². The first kappa shape index (κ1) is 13.5. The van der Waals surface area contributed by atoms with Gasteiger partial charge in [0.1, 0.15) is 11.4 Å². The Morgan fingerprint density at radius 3 is 2.68 bits per heavy atom. The van der Waals surface area contributed by atoms with Gasteiger partial charge in [0.25, 0.3) is 0 Å². The molecule has 0 aliphatic rings. The van der Waals surface area contributed by atoms with E-state index in [1.165, 1.54) is 0 Å². The molecule has 0 aliphatic carbocycles.